The first-order chi connectivity index (χ1) is 28.9. The van der Waals surface area contributed by atoms with E-state index in [2.05, 4.69) is 27.7 Å². The zero-order chi connectivity index (χ0) is 43.3. The predicted octanol–water partition coefficient (Wildman–Crippen LogP) is 11.8. The zero-order valence-electron chi connectivity index (χ0n) is 39.6. The molecule has 59 heavy (non-hydrogen) atoms. The Labute approximate surface area is 365 Å². The summed E-state index contributed by atoms with van der Waals surface area (Å²) in [5.41, 5.74) is 0. The van der Waals surface area contributed by atoms with Crippen LogP contribution in [-0.4, -0.2) is 110 Å². The minimum atomic E-state index is -0.882. The Balaban J connectivity index is 4.27. The normalized spacial score (nSPS) is 14.1. The van der Waals surface area contributed by atoms with Gasteiger partial charge in [0, 0.05) is 0 Å². The molecule has 0 bridgehead atoms. The van der Waals surface area contributed by atoms with E-state index < -0.39 is 24.4 Å². The molecule has 0 radical (unpaired) electrons. The van der Waals surface area contributed by atoms with Crippen molar-refractivity contribution in [1.29, 1.82) is 0 Å². The molecule has 4 atom stereocenters. The Morgan fingerprint density at radius 3 is 0.661 bits per heavy atom. The molecule has 0 aromatic rings. The van der Waals surface area contributed by atoms with Crippen LogP contribution in [-0.2, 0) is 23.7 Å². The van der Waals surface area contributed by atoms with Gasteiger partial charge in [0.2, 0.25) is 0 Å². The Hall–Kier alpha value is -0.360. The lowest BCUT2D eigenvalue weighted by atomic mass is 10.0. The van der Waals surface area contributed by atoms with Gasteiger partial charge in [-0.05, 0) is 25.7 Å². The van der Waals surface area contributed by atoms with E-state index in [1.54, 1.807) is 0 Å². The van der Waals surface area contributed by atoms with Gasteiger partial charge in [-0.25, -0.2) is 0 Å². The van der Waals surface area contributed by atoms with Crippen molar-refractivity contribution in [3.05, 3.63) is 0 Å². The third-order valence-corrected chi connectivity index (χ3v) is 11.4. The molecule has 0 rings (SSSR count). The number of aliphatic hydroxyl groups excluding tert-OH is 4. The molecule has 0 spiro atoms. The van der Waals surface area contributed by atoms with Crippen molar-refractivity contribution in [3.8, 4) is 0 Å². The van der Waals surface area contributed by atoms with Crippen LogP contribution in [0, 0.1) is 0 Å². The SMILES string of the molecule is CCCCCCCCCC(CCCCCCCCC)OCC(O)COCC(O)COCC(O)COCC(O)COC(CCCCCCCCC)CCCCCCCCC. The maximum atomic E-state index is 10.5. The molecule has 0 aliphatic carbocycles. The van der Waals surface area contributed by atoms with E-state index in [1.165, 1.54) is 180 Å². The third-order valence-electron chi connectivity index (χ3n) is 11.4. The summed E-state index contributed by atoms with van der Waals surface area (Å²) in [6.07, 6.45) is 37.1. The quantitative estimate of drug-likeness (QED) is 0.0443. The summed E-state index contributed by atoms with van der Waals surface area (Å²) in [5.74, 6) is 0. The fourth-order valence-corrected chi connectivity index (χ4v) is 7.65. The number of ether oxygens (including phenoxy) is 5. The van der Waals surface area contributed by atoms with E-state index in [0.717, 1.165) is 25.7 Å². The van der Waals surface area contributed by atoms with Gasteiger partial charge in [-0.15, -0.1) is 0 Å². The molecule has 4 unspecified atom stereocenters. The van der Waals surface area contributed by atoms with E-state index in [1.807, 2.05) is 0 Å². The first kappa shape index (κ1) is 58.6. The molecular formula is C50H102O9. The smallest absolute Gasteiger partial charge is 0.101 e. The topological polar surface area (TPSA) is 127 Å². The molecule has 0 aromatic carbocycles. The molecule has 0 heterocycles. The average Bonchev–Trinajstić information content (AvgIpc) is 3.22. The lowest BCUT2D eigenvalue weighted by Crippen LogP contribution is -2.31. The summed E-state index contributed by atoms with van der Waals surface area (Å²) in [5, 5.41) is 41.7. The molecule has 9 heteroatoms. The maximum Gasteiger partial charge on any atom is 0.101 e. The summed E-state index contributed by atoms with van der Waals surface area (Å²) < 4.78 is 29.0. The van der Waals surface area contributed by atoms with Crippen molar-refractivity contribution in [1.82, 2.24) is 0 Å². The number of rotatable bonds is 50. The van der Waals surface area contributed by atoms with E-state index in [4.69, 9.17) is 23.7 Å². The average molecular weight is 847 g/mol. The molecule has 0 aliphatic rings. The van der Waals surface area contributed by atoms with Gasteiger partial charge in [0.25, 0.3) is 0 Å². The van der Waals surface area contributed by atoms with Crippen LogP contribution >= 0.6 is 0 Å². The highest BCUT2D eigenvalue weighted by molar-refractivity contribution is 4.65. The van der Waals surface area contributed by atoms with Gasteiger partial charge in [-0.3, -0.25) is 0 Å². The summed E-state index contributed by atoms with van der Waals surface area (Å²) in [6.45, 7) is 9.68. The standard InChI is InChI=1S/C50H102O9/c1-5-9-13-17-21-25-29-33-49(34-30-26-22-18-14-10-6-2)58-43-47(53)41-56-39-45(51)37-55-38-46(52)40-57-42-48(54)44-59-50(35-31-27-23-19-15-11-7-3)36-32-28-24-20-16-12-8-4/h45-54H,5-44H2,1-4H3. The van der Waals surface area contributed by atoms with Crippen LogP contribution in [0.3, 0.4) is 0 Å². The van der Waals surface area contributed by atoms with E-state index in [-0.39, 0.29) is 65.1 Å². The molecule has 0 amide bonds. The Morgan fingerprint density at radius 2 is 0.441 bits per heavy atom. The number of hydrogen-bond donors (Lipinski definition) is 4. The highest BCUT2D eigenvalue weighted by Gasteiger charge is 2.16. The number of unbranched alkanes of at least 4 members (excludes halogenated alkanes) is 24. The van der Waals surface area contributed by atoms with Gasteiger partial charge in [-0.2, -0.15) is 0 Å². The van der Waals surface area contributed by atoms with Gasteiger partial charge >= 0.3 is 0 Å². The fourth-order valence-electron chi connectivity index (χ4n) is 7.65. The van der Waals surface area contributed by atoms with Crippen molar-refractivity contribution >= 4 is 0 Å². The van der Waals surface area contributed by atoms with Gasteiger partial charge in [-0.1, -0.05) is 207 Å². The minimum absolute atomic E-state index is 0.00203. The summed E-state index contributed by atoms with van der Waals surface area (Å²) in [7, 11) is 0. The van der Waals surface area contributed by atoms with Crippen molar-refractivity contribution in [3.63, 3.8) is 0 Å². The van der Waals surface area contributed by atoms with E-state index in [9.17, 15) is 20.4 Å². The van der Waals surface area contributed by atoms with Crippen molar-refractivity contribution < 1.29 is 44.1 Å². The number of aliphatic hydroxyl groups is 4. The Bertz CT molecular complexity index is 691. The Kier molecular flexibility index (Phi) is 46.8. The maximum absolute atomic E-state index is 10.5. The summed E-state index contributed by atoms with van der Waals surface area (Å²) in [4.78, 5) is 0. The van der Waals surface area contributed by atoms with Crippen molar-refractivity contribution in [2.75, 3.05) is 52.9 Å². The van der Waals surface area contributed by atoms with Crippen LogP contribution in [0.4, 0.5) is 0 Å². The lowest BCUT2D eigenvalue weighted by Gasteiger charge is -2.21. The van der Waals surface area contributed by atoms with Crippen molar-refractivity contribution in [2.24, 2.45) is 0 Å². The zero-order valence-corrected chi connectivity index (χ0v) is 39.6. The van der Waals surface area contributed by atoms with Gasteiger partial charge in [0.1, 0.15) is 24.4 Å². The van der Waals surface area contributed by atoms with Gasteiger partial charge in [0.15, 0.2) is 0 Å². The predicted molar refractivity (Wildman–Crippen MR) is 246 cm³/mol. The monoisotopic (exact) mass is 847 g/mol. The lowest BCUT2D eigenvalue weighted by molar-refractivity contribution is -0.0862. The molecular weight excluding hydrogens is 745 g/mol. The second-order valence-electron chi connectivity index (χ2n) is 17.8. The van der Waals surface area contributed by atoms with Crippen LogP contribution in [0.15, 0.2) is 0 Å². The Morgan fingerprint density at radius 1 is 0.254 bits per heavy atom. The second-order valence-corrected chi connectivity index (χ2v) is 17.8. The molecule has 356 valence electrons. The molecule has 0 saturated heterocycles. The summed E-state index contributed by atoms with van der Waals surface area (Å²) in [6, 6.07) is 0. The highest BCUT2D eigenvalue weighted by atomic mass is 16.5. The van der Waals surface area contributed by atoms with Crippen LogP contribution in [0.5, 0.6) is 0 Å². The van der Waals surface area contributed by atoms with Crippen LogP contribution in [0.2, 0.25) is 0 Å². The second kappa shape index (κ2) is 47.1. The first-order valence-electron chi connectivity index (χ1n) is 25.5. The molecule has 0 fully saturated rings. The molecule has 9 nitrogen and oxygen atoms in total. The van der Waals surface area contributed by atoms with E-state index in [0.29, 0.717) is 0 Å². The minimum Gasteiger partial charge on any atom is -0.388 e. The van der Waals surface area contributed by atoms with Crippen LogP contribution in [0.25, 0.3) is 0 Å². The molecule has 0 aliphatic heterocycles. The highest BCUT2D eigenvalue weighted by Crippen LogP contribution is 2.19. The molecule has 4 N–H and O–H groups in total. The summed E-state index contributed by atoms with van der Waals surface area (Å²) >= 11 is 0. The third kappa shape index (κ3) is 44.1. The number of hydrogen-bond acceptors (Lipinski definition) is 9. The van der Waals surface area contributed by atoms with Gasteiger partial charge < -0.3 is 44.1 Å². The van der Waals surface area contributed by atoms with Crippen LogP contribution in [0.1, 0.15) is 233 Å². The van der Waals surface area contributed by atoms with E-state index >= 15 is 0 Å². The molecule has 0 saturated carbocycles. The first-order valence-corrected chi connectivity index (χ1v) is 25.5. The van der Waals surface area contributed by atoms with Gasteiger partial charge in [0.05, 0.1) is 65.1 Å². The fraction of sp³-hybridized carbons (Fsp3) is 1.00. The molecule has 0 aromatic heterocycles. The van der Waals surface area contributed by atoms with Crippen LogP contribution < -0.4 is 0 Å². The largest absolute Gasteiger partial charge is 0.388 e. The van der Waals surface area contributed by atoms with Crippen molar-refractivity contribution in [2.45, 2.75) is 270 Å².